The molecule has 0 aliphatic carbocycles. The largest absolute Gasteiger partial charge is 0.468 e. The number of unbranched alkanes of at least 4 members (excludes halogenated alkanes) is 1. The summed E-state index contributed by atoms with van der Waals surface area (Å²) in [7, 11) is 1.30. The molecular weight excluding hydrogens is 414 g/mol. The molecule has 3 rings (SSSR count). The van der Waals surface area contributed by atoms with Crippen molar-refractivity contribution in [3.63, 3.8) is 0 Å². The molecule has 0 aliphatic heterocycles. The van der Waals surface area contributed by atoms with Crippen LogP contribution in [0.1, 0.15) is 35.0 Å². The van der Waals surface area contributed by atoms with E-state index in [0.29, 0.717) is 4.80 Å². The highest BCUT2D eigenvalue weighted by Gasteiger charge is 2.17. The summed E-state index contributed by atoms with van der Waals surface area (Å²) in [5.41, 5.74) is 1.96. The Balaban J connectivity index is 2.06. The third-order valence-corrected chi connectivity index (χ3v) is 6.33. The van der Waals surface area contributed by atoms with Crippen molar-refractivity contribution in [1.29, 1.82) is 0 Å². The van der Waals surface area contributed by atoms with Gasteiger partial charge in [-0.2, -0.15) is 4.99 Å². The van der Waals surface area contributed by atoms with Gasteiger partial charge in [0.1, 0.15) is 11.4 Å². The maximum atomic E-state index is 12.5. The van der Waals surface area contributed by atoms with E-state index in [0.717, 1.165) is 40.8 Å². The molecule has 0 bridgehead atoms. The first-order valence-corrected chi connectivity index (χ1v) is 10.6. The molecule has 10 heteroatoms. The summed E-state index contributed by atoms with van der Waals surface area (Å²) < 4.78 is 7.31. The second-order valence-corrected chi connectivity index (χ2v) is 8.34. The number of carbonyl (C=O) groups is 2. The molecule has 1 amide bonds. The van der Waals surface area contributed by atoms with Gasteiger partial charge in [-0.25, -0.2) is 0 Å². The number of hydrogen-bond donors (Lipinski definition) is 0. The Bertz CT molecular complexity index is 1140. The summed E-state index contributed by atoms with van der Waals surface area (Å²) in [6.45, 7) is 2.05. The first-order valence-electron chi connectivity index (χ1n) is 8.95. The number of ether oxygens (including phenoxy) is 1. The Morgan fingerprint density at radius 3 is 2.69 bits per heavy atom. The van der Waals surface area contributed by atoms with Crippen LogP contribution in [0.5, 0.6) is 0 Å². The highest BCUT2D eigenvalue weighted by atomic mass is 32.1. The summed E-state index contributed by atoms with van der Waals surface area (Å²) in [5.74, 6) is -1.04. The third-order valence-electron chi connectivity index (χ3n) is 4.26. The molecule has 2 aromatic heterocycles. The van der Waals surface area contributed by atoms with Crippen molar-refractivity contribution >= 4 is 49.8 Å². The third kappa shape index (κ3) is 4.77. The number of nitrogens with zero attached hydrogens (tertiary/aromatic N) is 3. The number of esters is 1. The standard InChI is InChI=1S/C19H19N3O5S2/c1-3-4-5-12-6-7-13-15(10-12)29-19(21(13)11-17(23)27-2)20-18(24)14-8-9-16(28-14)22(25)26/h6-10H,3-5,11H2,1-2H3. The molecular formula is C19H19N3O5S2. The number of thiazole rings is 1. The number of hydrogen-bond acceptors (Lipinski definition) is 7. The second kappa shape index (κ2) is 9.10. The Morgan fingerprint density at radius 2 is 2.03 bits per heavy atom. The molecule has 0 aliphatic rings. The quantitative estimate of drug-likeness (QED) is 0.319. The van der Waals surface area contributed by atoms with E-state index in [1.54, 1.807) is 4.57 Å². The second-order valence-electron chi connectivity index (χ2n) is 6.26. The highest BCUT2D eigenvalue weighted by Crippen LogP contribution is 2.25. The minimum atomic E-state index is -0.584. The van der Waals surface area contributed by atoms with Crippen LogP contribution >= 0.6 is 22.7 Å². The zero-order valence-corrected chi connectivity index (χ0v) is 17.5. The van der Waals surface area contributed by atoms with Gasteiger partial charge in [-0.3, -0.25) is 19.7 Å². The predicted molar refractivity (Wildman–Crippen MR) is 111 cm³/mol. The van der Waals surface area contributed by atoms with Crippen LogP contribution in [0.4, 0.5) is 5.00 Å². The van der Waals surface area contributed by atoms with Gasteiger partial charge in [-0.1, -0.05) is 42.1 Å². The normalized spacial score (nSPS) is 11.7. The smallest absolute Gasteiger partial charge is 0.325 e. The number of methoxy groups -OCH3 is 1. The predicted octanol–water partition coefficient (Wildman–Crippen LogP) is 3.93. The number of aromatic nitrogens is 1. The number of aryl methyl sites for hydroxylation is 1. The van der Waals surface area contributed by atoms with Gasteiger partial charge < -0.3 is 9.30 Å². The summed E-state index contributed by atoms with van der Waals surface area (Å²) >= 11 is 2.07. The fourth-order valence-corrected chi connectivity index (χ4v) is 4.56. The van der Waals surface area contributed by atoms with E-state index >= 15 is 0 Å². The lowest BCUT2D eigenvalue weighted by atomic mass is 10.1. The lowest BCUT2D eigenvalue weighted by Gasteiger charge is -2.04. The molecule has 3 aromatic rings. The van der Waals surface area contributed by atoms with E-state index in [-0.39, 0.29) is 16.4 Å². The van der Waals surface area contributed by atoms with Crippen molar-refractivity contribution in [2.45, 2.75) is 32.7 Å². The molecule has 0 saturated carbocycles. The Labute approximate surface area is 174 Å². The average molecular weight is 434 g/mol. The molecule has 1 aromatic carbocycles. The van der Waals surface area contributed by atoms with Crippen LogP contribution in [0.3, 0.4) is 0 Å². The van der Waals surface area contributed by atoms with Crippen molar-refractivity contribution < 1.29 is 19.2 Å². The highest BCUT2D eigenvalue weighted by molar-refractivity contribution is 7.17. The zero-order chi connectivity index (χ0) is 21.0. The summed E-state index contributed by atoms with van der Waals surface area (Å²) in [4.78, 5) is 39.4. The number of rotatable bonds is 7. The monoisotopic (exact) mass is 433 g/mol. The Kier molecular flexibility index (Phi) is 6.55. The number of amides is 1. The first kappa shape index (κ1) is 20.9. The molecule has 8 nitrogen and oxygen atoms in total. The molecule has 0 atom stereocenters. The van der Waals surface area contributed by atoms with Gasteiger partial charge in [0, 0.05) is 6.07 Å². The van der Waals surface area contributed by atoms with Gasteiger partial charge >= 0.3 is 11.0 Å². The Morgan fingerprint density at radius 1 is 1.24 bits per heavy atom. The number of nitro groups is 1. The van der Waals surface area contributed by atoms with Crippen LogP contribution in [0, 0.1) is 10.1 Å². The molecule has 0 unspecified atom stereocenters. The van der Waals surface area contributed by atoms with Gasteiger partial charge in [0.25, 0.3) is 5.91 Å². The van der Waals surface area contributed by atoms with Crippen molar-refractivity contribution in [1.82, 2.24) is 4.57 Å². The molecule has 152 valence electrons. The van der Waals surface area contributed by atoms with E-state index in [1.807, 2.05) is 18.2 Å². The maximum absolute atomic E-state index is 12.5. The van der Waals surface area contributed by atoms with Gasteiger partial charge in [-0.05, 0) is 36.6 Å². The summed E-state index contributed by atoms with van der Waals surface area (Å²) in [6, 6.07) is 8.63. The van der Waals surface area contributed by atoms with E-state index in [9.17, 15) is 19.7 Å². The van der Waals surface area contributed by atoms with Gasteiger partial charge in [-0.15, -0.1) is 0 Å². The van der Waals surface area contributed by atoms with Gasteiger partial charge in [0.05, 0.1) is 22.2 Å². The van der Waals surface area contributed by atoms with E-state index in [2.05, 4.69) is 11.9 Å². The van der Waals surface area contributed by atoms with Gasteiger partial charge in [0.15, 0.2) is 4.80 Å². The molecule has 2 heterocycles. The number of thiophene rings is 1. The minimum absolute atomic E-state index is 0.0818. The van der Waals surface area contributed by atoms with Crippen molar-refractivity contribution in [3.05, 3.63) is 55.7 Å². The van der Waals surface area contributed by atoms with E-state index < -0.39 is 16.8 Å². The summed E-state index contributed by atoms with van der Waals surface area (Å²) in [5, 5.41) is 10.7. The molecule has 0 fully saturated rings. The van der Waals surface area contributed by atoms with Crippen molar-refractivity contribution in [2.75, 3.05) is 7.11 Å². The van der Waals surface area contributed by atoms with Crippen LogP contribution in [-0.4, -0.2) is 28.5 Å². The Hall–Kier alpha value is -2.85. The zero-order valence-electron chi connectivity index (χ0n) is 15.9. The fourth-order valence-electron chi connectivity index (χ4n) is 2.77. The van der Waals surface area contributed by atoms with Crippen molar-refractivity contribution in [2.24, 2.45) is 4.99 Å². The SMILES string of the molecule is CCCCc1ccc2c(c1)sc(=NC(=O)c1ccc([N+](=O)[O-])s1)n2CC(=O)OC. The molecule has 29 heavy (non-hydrogen) atoms. The summed E-state index contributed by atoms with van der Waals surface area (Å²) in [6.07, 6.45) is 3.12. The van der Waals surface area contributed by atoms with Crippen LogP contribution in [-0.2, 0) is 22.5 Å². The molecule has 0 N–H and O–H groups in total. The maximum Gasteiger partial charge on any atom is 0.325 e. The number of fused-ring (bicyclic) bond motifs is 1. The fraction of sp³-hybridized carbons (Fsp3) is 0.316. The molecule has 0 spiro atoms. The van der Waals surface area contributed by atoms with Crippen LogP contribution in [0.15, 0.2) is 35.3 Å². The molecule has 0 radical (unpaired) electrons. The van der Waals surface area contributed by atoms with Crippen LogP contribution in [0.25, 0.3) is 10.2 Å². The number of benzene rings is 1. The average Bonchev–Trinajstić information content (AvgIpc) is 3.32. The lowest BCUT2D eigenvalue weighted by Crippen LogP contribution is -2.22. The van der Waals surface area contributed by atoms with Gasteiger partial charge in [0.2, 0.25) is 0 Å². The number of carbonyl (C=O) groups excluding carboxylic acids is 2. The van der Waals surface area contributed by atoms with Crippen LogP contribution < -0.4 is 4.80 Å². The first-order chi connectivity index (χ1) is 13.9. The minimum Gasteiger partial charge on any atom is -0.468 e. The topological polar surface area (TPSA) is 104 Å². The van der Waals surface area contributed by atoms with Crippen LogP contribution in [0.2, 0.25) is 0 Å². The molecule has 0 saturated heterocycles. The van der Waals surface area contributed by atoms with Crippen molar-refractivity contribution in [3.8, 4) is 0 Å². The lowest BCUT2D eigenvalue weighted by molar-refractivity contribution is -0.380. The van der Waals surface area contributed by atoms with E-state index in [4.69, 9.17) is 4.74 Å². The van der Waals surface area contributed by atoms with E-state index in [1.165, 1.54) is 36.1 Å².